The number of carbonyl (C=O) groups excluding carboxylic acids is 2. The van der Waals surface area contributed by atoms with Gasteiger partial charge in [-0.05, 0) is 43.2 Å². The van der Waals surface area contributed by atoms with Crippen LogP contribution < -0.4 is 5.32 Å². The van der Waals surface area contributed by atoms with Gasteiger partial charge >= 0.3 is 6.03 Å². The van der Waals surface area contributed by atoms with Crippen LogP contribution in [0.4, 0.5) is 14.9 Å². The third kappa shape index (κ3) is 5.69. The molecule has 1 unspecified atom stereocenters. The summed E-state index contributed by atoms with van der Waals surface area (Å²) in [7, 11) is 0. The molecule has 1 heterocycles. The Bertz CT molecular complexity index is 907. The van der Waals surface area contributed by atoms with Crippen molar-refractivity contribution < 1.29 is 14.0 Å². The second-order valence-corrected chi connectivity index (χ2v) is 8.24. The molecular weight excluding hydrogens is 449 g/mol. The molecule has 0 radical (unpaired) electrons. The summed E-state index contributed by atoms with van der Waals surface area (Å²) in [6.07, 6.45) is 3.07. The fourth-order valence-electron chi connectivity index (χ4n) is 3.60. The van der Waals surface area contributed by atoms with Crippen molar-refractivity contribution in [3.63, 3.8) is 0 Å². The second kappa shape index (κ2) is 10.4. The number of piperidine rings is 1. The normalized spacial score (nSPS) is 16.1. The lowest BCUT2D eigenvalue weighted by Gasteiger charge is -2.35. The molecular formula is C23H25BrFN3O2. The van der Waals surface area contributed by atoms with E-state index in [9.17, 15) is 14.0 Å². The molecule has 5 nitrogen and oxygen atoms in total. The van der Waals surface area contributed by atoms with Gasteiger partial charge in [0.15, 0.2) is 0 Å². The summed E-state index contributed by atoms with van der Waals surface area (Å²) >= 11 is 3.35. The number of nitrogens with one attached hydrogen (secondary N) is 1. The van der Waals surface area contributed by atoms with Gasteiger partial charge in [-0.3, -0.25) is 4.79 Å². The van der Waals surface area contributed by atoms with Gasteiger partial charge in [0, 0.05) is 41.9 Å². The molecule has 0 aliphatic carbocycles. The van der Waals surface area contributed by atoms with E-state index in [-0.39, 0.29) is 30.2 Å². The molecule has 3 rings (SSSR count). The summed E-state index contributed by atoms with van der Waals surface area (Å²) in [5.41, 5.74) is 1.16. The van der Waals surface area contributed by atoms with Gasteiger partial charge in [0.2, 0.25) is 5.91 Å². The van der Waals surface area contributed by atoms with E-state index in [1.807, 2.05) is 30.3 Å². The first-order valence-electron chi connectivity index (χ1n) is 9.92. The Hall–Kier alpha value is -2.67. The Balaban J connectivity index is 1.67. The Labute approximate surface area is 184 Å². The number of amides is 3. The first-order chi connectivity index (χ1) is 14.5. The Morgan fingerprint density at radius 2 is 2.03 bits per heavy atom. The van der Waals surface area contributed by atoms with Crippen LogP contribution in [0.25, 0.3) is 0 Å². The minimum atomic E-state index is -0.354. The molecule has 2 aromatic carbocycles. The largest absolute Gasteiger partial charge is 0.334 e. The zero-order valence-electron chi connectivity index (χ0n) is 16.7. The summed E-state index contributed by atoms with van der Waals surface area (Å²) in [6, 6.07) is 13.7. The fourth-order valence-corrected chi connectivity index (χ4v) is 4.01. The first kappa shape index (κ1) is 22.0. The van der Waals surface area contributed by atoms with E-state index < -0.39 is 0 Å². The number of anilines is 1. The van der Waals surface area contributed by atoms with Crippen molar-refractivity contribution in [3.05, 3.63) is 77.0 Å². The number of para-hydroxylation sites is 1. The van der Waals surface area contributed by atoms with Gasteiger partial charge in [-0.1, -0.05) is 40.2 Å². The first-order valence-corrected chi connectivity index (χ1v) is 10.7. The van der Waals surface area contributed by atoms with Crippen LogP contribution in [0.1, 0.15) is 18.4 Å². The quantitative estimate of drug-likeness (QED) is 0.596. The molecule has 3 amide bonds. The third-order valence-corrected chi connectivity index (χ3v) is 5.61. The molecule has 7 heteroatoms. The van der Waals surface area contributed by atoms with Crippen LogP contribution in [-0.2, 0) is 11.3 Å². The molecule has 0 saturated carbocycles. The number of rotatable bonds is 6. The second-order valence-electron chi connectivity index (χ2n) is 7.32. The van der Waals surface area contributed by atoms with Gasteiger partial charge < -0.3 is 15.1 Å². The summed E-state index contributed by atoms with van der Waals surface area (Å²) in [5.74, 6) is -0.769. The summed E-state index contributed by atoms with van der Waals surface area (Å²) in [5, 5.41) is 2.87. The van der Waals surface area contributed by atoms with Crippen LogP contribution in [0, 0.1) is 11.7 Å². The van der Waals surface area contributed by atoms with E-state index >= 15 is 0 Å². The SMILES string of the molecule is C=CCN(Cc1cc(Br)ccc1F)C(=O)C1CCCN(C(=O)Nc2ccccc2)C1. The predicted molar refractivity (Wildman–Crippen MR) is 119 cm³/mol. The molecule has 1 atom stereocenters. The molecule has 1 saturated heterocycles. The maximum atomic E-state index is 14.2. The van der Waals surface area contributed by atoms with Gasteiger partial charge in [-0.15, -0.1) is 6.58 Å². The van der Waals surface area contributed by atoms with Crippen LogP contribution in [0.15, 0.2) is 65.7 Å². The van der Waals surface area contributed by atoms with Crippen molar-refractivity contribution in [1.29, 1.82) is 0 Å². The maximum Gasteiger partial charge on any atom is 0.321 e. The molecule has 0 spiro atoms. The summed E-state index contributed by atoms with van der Waals surface area (Å²) < 4.78 is 15.0. The Morgan fingerprint density at radius 3 is 2.77 bits per heavy atom. The highest BCUT2D eigenvalue weighted by Crippen LogP contribution is 2.23. The van der Waals surface area contributed by atoms with Crippen molar-refractivity contribution in [2.24, 2.45) is 5.92 Å². The fraction of sp³-hybridized carbons (Fsp3) is 0.304. The van der Waals surface area contributed by atoms with Crippen LogP contribution >= 0.6 is 15.9 Å². The summed E-state index contributed by atoms with van der Waals surface area (Å²) in [4.78, 5) is 29.1. The predicted octanol–water partition coefficient (Wildman–Crippen LogP) is 5.05. The van der Waals surface area contributed by atoms with E-state index in [0.717, 1.165) is 16.6 Å². The number of urea groups is 1. The van der Waals surface area contributed by atoms with Gasteiger partial charge in [0.1, 0.15) is 5.82 Å². The van der Waals surface area contributed by atoms with Crippen LogP contribution in [0.5, 0.6) is 0 Å². The van der Waals surface area contributed by atoms with Crippen molar-refractivity contribution in [2.45, 2.75) is 19.4 Å². The standard InChI is InChI=1S/C23H25BrFN3O2/c1-2-12-27(16-18-14-19(24)10-11-21(18)25)22(29)17-7-6-13-28(15-17)23(30)26-20-8-4-3-5-9-20/h2-5,8-11,14,17H,1,6-7,12-13,15-16H2,(H,26,30). The lowest BCUT2D eigenvalue weighted by atomic mass is 9.96. The van der Waals surface area contributed by atoms with E-state index in [1.54, 1.807) is 28.0 Å². The van der Waals surface area contributed by atoms with Crippen LogP contribution in [0.2, 0.25) is 0 Å². The van der Waals surface area contributed by atoms with Crippen molar-refractivity contribution >= 4 is 33.6 Å². The monoisotopic (exact) mass is 473 g/mol. The van der Waals surface area contributed by atoms with Crippen LogP contribution in [-0.4, -0.2) is 41.4 Å². The highest BCUT2D eigenvalue weighted by molar-refractivity contribution is 9.10. The molecule has 30 heavy (non-hydrogen) atoms. The minimum Gasteiger partial charge on any atom is -0.334 e. The van der Waals surface area contributed by atoms with E-state index in [1.165, 1.54) is 6.07 Å². The molecule has 0 aromatic heterocycles. The molecule has 2 aromatic rings. The number of likely N-dealkylation sites (tertiary alicyclic amines) is 1. The lowest BCUT2D eigenvalue weighted by molar-refractivity contribution is -0.137. The molecule has 1 fully saturated rings. The topological polar surface area (TPSA) is 52.7 Å². The minimum absolute atomic E-state index is 0.0912. The van der Waals surface area contributed by atoms with Crippen LogP contribution in [0.3, 0.4) is 0 Å². The average molecular weight is 474 g/mol. The number of benzene rings is 2. The number of halogens is 2. The Kier molecular flexibility index (Phi) is 7.63. The number of hydrogen-bond acceptors (Lipinski definition) is 2. The molecule has 0 bridgehead atoms. The Morgan fingerprint density at radius 1 is 1.27 bits per heavy atom. The van der Waals surface area contributed by atoms with Crippen molar-refractivity contribution in [2.75, 3.05) is 25.0 Å². The third-order valence-electron chi connectivity index (χ3n) is 5.11. The lowest BCUT2D eigenvalue weighted by Crippen LogP contribution is -2.47. The van der Waals surface area contributed by atoms with E-state index in [4.69, 9.17) is 0 Å². The zero-order chi connectivity index (χ0) is 21.5. The molecule has 158 valence electrons. The van der Waals surface area contributed by atoms with E-state index in [0.29, 0.717) is 31.6 Å². The zero-order valence-corrected chi connectivity index (χ0v) is 18.3. The highest BCUT2D eigenvalue weighted by atomic mass is 79.9. The van der Waals surface area contributed by atoms with Gasteiger partial charge in [-0.2, -0.15) is 0 Å². The summed E-state index contributed by atoms with van der Waals surface area (Å²) in [6.45, 7) is 5.14. The maximum absolute atomic E-state index is 14.2. The average Bonchev–Trinajstić information content (AvgIpc) is 2.76. The number of hydrogen-bond donors (Lipinski definition) is 1. The smallest absolute Gasteiger partial charge is 0.321 e. The molecule has 1 aliphatic heterocycles. The van der Waals surface area contributed by atoms with Gasteiger partial charge in [0.25, 0.3) is 0 Å². The number of nitrogens with zero attached hydrogens (tertiary/aromatic N) is 2. The number of carbonyl (C=O) groups is 2. The molecule has 1 aliphatic rings. The van der Waals surface area contributed by atoms with Gasteiger partial charge in [0.05, 0.1) is 5.92 Å². The van der Waals surface area contributed by atoms with Gasteiger partial charge in [-0.25, -0.2) is 9.18 Å². The van der Waals surface area contributed by atoms with E-state index in [2.05, 4.69) is 27.8 Å². The highest BCUT2D eigenvalue weighted by Gasteiger charge is 2.31. The molecule has 1 N–H and O–H groups in total. The van der Waals surface area contributed by atoms with Crippen molar-refractivity contribution in [1.82, 2.24) is 9.80 Å². The van der Waals surface area contributed by atoms with Crippen molar-refractivity contribution in [3.8, 4) is 0 Å².